The summed E-state index contributed by atoms with van der Waals surface area (Å²) in [4.78, 5) is 33.4. The van der Waals surface area contributed by atoms with Gasteiger partial charge in [-0.1, -0.05) is 41.7 Å². The highest BCUT2D eigenvalue weighted by molar-refractivity contribution is 8.25. The van der Waals surface area contributed by atoms with Crippen molar-refractivity contribution in [2.75, 3.05) is 32.1 Å². The molecule has 9 heteroatoms. The molecule has 1 aromatic carbocycles. The zero-order valence-electron chi connectivity index (χ0n) is 17.0. The van der Waals surface area contributed by atoms with Crippen molar-refractivity contribution in [1.82, 2.24) is 9.80 Å². The van der Waals surface area contributed by atoms with Gasteiger partial charge in [0.1, 0.15) is 14.8 Å². The Morgan fingerprint density at radius 2 is 2.10 bits per heavy atom. The third-order valence-corrected chi connectivity index (χ3v) is 8.79. The number of nitrogens with zero attached hydrogens (tertiary/aromatic N) is 3. The van der Waals surface area contributed by atoms with Crippen LogP contribution in [0.4, 0.5) is 5.69 Å². The quantitative estimate of drug-likeness (QED) is 0.501. The van der Waals surface area contributed by atoms with Gasteiger partial charge in [0.15, 0.2) is 5.54 Å². The van der Waals surface area contributed by atoms with Gasteiger partial charge in [0.25, 0.3) is 5.91 Å². The number of thioether (sulfide) groups is 1. The van der Waals surface area contributed by atoms with E-state index in [1.165, 1.54) is 11.8 Å². The first-order valence-corrected chi connectivity index (χ1v) is 11.4. The highest BCUT2D eigenvalue weighted by Gasteiger charge is 2.79. The fourth-order valence-corrected chi connectivity index (χ4v) is 7.69. The fourth-order valence-electron chi connectivity index (χ4n) is 5.40. The molecule has 1 aromatic heterocycles. The van der Waals surface area contributed by atoms with Crippen LogP contribution >= 0.6 is 35.6 Å². The number of halogens is 1. The predicted molar refractivity (Wildman–Crippen MR) is 125 cm³/mol. The normalized spacial score (nSPS) is 30.3. The molecule has 6 nitrogen and oxygen atoms in total. The molecule has 4 heterocycles. The molecule has 0 N–H and O–H groups in total. The lowest BCUT2D eigenvalue weighted by molar-refractivity contribution is -0.138. The number of benzene rings is 1. The van der Waals surface area contributed by atoms with Crippen LogP contribution in [0.15, 0.2) is 53.7 Å². The smallest absolute Gasteiger partial charge is 0.254 e. The van der Waals surface area contributed by atoms with E-state index in [4.69, 9.17) is 28.2 Å². The topological polar surface area (TPSA) is 57.0 Å². The molecule has 31 heavy (non-hydrogen) atoms. The molecule has 2 aromatic rings. The first kappa shape index (κ1) is 20.8. The molecule has 2 spiro atoms. The minimum atomic E-state index is -1.28. The van der Waals surface area contributed by atoms with Crippen molar-refractivity contribution in [2.24, 2.45) is 0 Å². The summed E-state index contributed by atoms with van der Waals surface area (Å²) in [5, 5.41) is 0.507. The SMILES string of the molecule is C=CCN1C(=O)[C@]2(SC1=S)[C@@H](c1ccco1)CN(C)[C@]21C(=O)N(C)c2ccc(Cl)cc21. The maximum Gasteiger partial charge on any atom is 0.254 e. The number of likely N-dealkylation sites (N-methyl/N-ethyl adjacent to an activating group) is 2. The van der Waals surface area contributed by atoms with Crippen molar-refractivity contribution in [1.29, 1.82) is 0 Å². The average Bonchev–Trinajstić information content (AvgIpc) is 3.45. The minimum absolute atomic E-state index is 0.176. The molecular weight excluding hydrogens is 454 g/mol. The van der Waals surface area contributed by atoms with Crippen molar-refractivity contribution in [2.45, 2.75) is 16.2 Å². The molecule has 160 valence electrons. The molecule has 3 aliphatic heterocycles. The van der Waals surface area contributed by atoms with Crippen LogP contribution in [0.3, 0.4) is 0 Å². The van der Waals surface area contributed by atoms with E-state index in [1.54, 1.807) is 47.4 Å². The number of hydrogen-bond acceptors (Lipinski definition) is 6. The van der Waals surface area contributed by atoms with Crippen LogP contribution in [0.1, 0.15) is 17.2 Å². The average molecular weight is 474 g/mol. The van der Waals surface area contributed by atoms with Crippen molar-refractivity contribution in [3.05, 3.63) is 65.6 Å². The molecule has 0 unspecified atom stereocenters. The van der Waals surface area contributed by atoms with Crippen LogP contribution in [-0.4, -0.2) is 57.9 Å². The lowest BCUT2D eigenvalue weighted by Crippen LogP contribution is -2.62. The third kappa shape index (κ3) is 2.36. The van der Waals surface area contributed by atoms with Gasteiger partial charge in [-0.3, -0.25) is 19.4 Å². The Balaban J connectivity index is 1.85. The largest absolute Gasteiger partial charge is 0.469 e. The summed E-state index contributed by atoms with van der Waals surface area (Å²) < 4.78 is 4.98. The lowest BCUT2D eigenvalue weighted by Gasteiger charge is -2.41. The maximum atomic E-state index is 14.2. The summed E-state index contributed by atoms with van der Waals surface area (Å²) in [5.41, 5.74) is 0.177. The van der Waals surface area contributed by atoms with Crippen LogP contribution in [-0.2, 0) is 15.1 Å². The Kier molecular flexibility index (Phi) is 4.64. The maximum absolute atomic E-state index is 14.2. The minimum Gasteiger partial charge on any atom is -0.469 e. The Hall–Kier alpha value is -2.13. The molecule has 2 amide bonds. The Morgan fingerprint density at radius 1 is 1.32 bits per heavy atom. The van der Waals surface area contributed by atoms with Crippen LogP contribution in [0, 0.1) is 0 Å². The number of hydrogen-bond donors (Lipinski definition) is 0. The standard InChI is InChI=1S/C22H20ClN3O3S2/c1-4-9-26-19(28)22(31-20(26)30)15(17-6-5-10-29-17)12-24(2)21(22)14-11-13(23)7-8-16(14)25(3)18(21)27/h4-8,10-11,15H,1,9,12H2,2-3H3/t15-,21-,22-/m1/s1. The Labute approximate surface area is 194 Å². The van der Waals surface area contributed by atoms with E-state index in [-0.39, 0.29) is 24.3 Å². The van der Waals surface area contributed by atoms with Crippen molar-refractivity contribution >= 4 is 57.4 Å². The second kappa shape index (κ2) is 6.93. The molecule has 5 rings (SSSR count). The van der Waals surface area contributed by atoms with Crippen molar-refractivity contribution in [3.8, 4) is 0 Å². The summed E-state index contributed by atoms with van der Waals surface area (Å²) in [6.45, 7) is 4.50. The number of likely N-dealkylation sites (tertiary alicyclic amines) is 1. The van der Waals surface area contributed by atoms with Crippen LogP contribution < -0.4 is 4.90 Å². The summed E-state index contributed by atoms with van der Waals surface area (Å²) in [7, 11) is 3.61. The first-order valence-electron chi connectivity index (χ1n) is 9.79. The van der Waals surface area contributed by atoms with E-state index < -0.39 is 10.3 Å². The van der Waals surface area contributed by atoms with E-state index in [2.05, 4.69) is 6.58 Å². The highest BCUT2D eigenvalue weighted by Crippen LogP contribution is 2.66. The number of anilines is 1. The summed E-state index contributed by atoms with van der Waals surface area (Å²) >= 11 is 13.3. The van der Waals surface area contributed by atoms with Gasteiger partial charge in [-0.25, -0.2) is 0 Å². The van der Waals surface area contributed by atoms with Gasteiger partial charge in [0, 0.05) is 36.4 Å². The third-order valence-electron chi connectivity index (χ3n) is 6.61. The number of thiocarbonyl (C=S) groups is 1. The molecule has 0 bridgehead atoms. The molecule has 0 radical (unpaired) electrons. The molecule has 0 saturated carbocycles. The van der Waals surface area contributed by atoms with E-state index in [0.29, 0.717) is 27.2 Å². The number of amides is 2. The second-order valence-electron chi connectivity index (χ2n) is 7.99. The van der Waals surface area contributed by atoms with Gasteiger partial charge in [-0.05, 0) is 37.4 Å². The summed E-state index contributed by atoms with van der Waals surface area (Å²) in [5.74, 6) is -0.119. The van der Waals surface area contributed by atoms with Gasteiger partial charge in [0.05, 0.1) is 12.2 Å². The van der Waals surface area contributed by atoms with Crippen molar-refractivity contribution < 1.29 is 14.0 Å². The number of carbonyl (C=O) groups excluding carboxylic acids is 2. The van der Waals surface area contributed by atoms with Gasteiger partial charge in [-0.2, -0.15) is 0 Å². The number of fused-ring (bicyclic) bond motifs is 3. The van der Waals surface area contributed by atoms with E-state index in [9.17, 15) is 9.59 Å². The molecule has 2 fully saturated rings. The Morgan fingerprint density at radius 3 is 2.77 bits per heavy atom. The zero-order chi connectivity index (χ0) is 22.1. The van der Waals surface area contributed by atoms with Gasteiger partial charge < -0.3 is 9.32 Å². The highest BCUT2D eigenvalue weighted by atomic mass is 35.5. The fraction of sp³-hybridized carbons (Fsp3) is 0.318. The molecule has 0 aliphatic carbocycles. The molecule has 3 aliphatic rings. The Bertz CT molecular complexity index is 1140. The van der Waals surface area contributed by atoms with Crippen LogP contribution in [0.5, 0.6) is 0 Å². The molecular formula is C22H20ClN3O3S2. The summed E-state index contributed by atoms with van der Waals surface area (Å²) in [6.07, 6.45) is 3.23. The molecule has 2 saturated heterocycles. The van der Waals surface area contributed by atoms with Crippen LogP contribution in [0.25, 0.3) is 0 Å². The van der Waals surface area contributed by atoms with Crippen molar-refractivity contribution in [3.63, 3.8) is 0 Å². The number of rotatable bonds is 3. The van der Waals surface area contributed by atoms with Gasteiger partial charge in [0.2, 0.25) is 5.91 Å². The van der Waals surface area contributed by atoms with Gasteiger partial charge >= 0.3 is 0 Å². The number of carbonyl (C=O) groups is 2. The predicted octanol–water partition coefficient (Wildman–Crippen LogP) is 3.62. The number of furan rings is 1. The van der Waals surface area contributed by atoms with Gasteiger partial charge in [-0.15, -0.1) is 6.58 Å². The first-order chi connectivity index (χ1) is 14.8. The molecule has 3 atom stereocenters. The van der Waals surface area contributed by atoms with E-state index in [0.717, 1.165) is 5.69 Å². The lowest BCUT2D eigenvalue weighted by atomic mass is 9.73. The van der Waals surface area contributed by atoms with Crippen LogP contribution in [0.2, 0.25) is 5.02 Å². The summed E-state index contributed by atoms with van der Waals surface area (Å²) in [6, 6.07) is 9.04. The van der Waals surface area contributed by atoms with E-state index >= 15 is 0 Å². The van der Waals surface area contributed by atoms with E-state index in [1.807, 2.05) is 24.1 Å². The monoisotopic (exact) mass is 473 g/mol. The second-order valence-corrected chi connectivity index (χ2v) is 10.3. The zero-order valence-corrected chi connectivity index (χ0v) is 19.4.